The topological polar surface area (TPSA) is 99.0 Å². The van der Waals surface area contributed by atoms with Crippen LogP contribution in [0.3, 0.4) is 0 Å². The summed E-state index contributed by atoms with van der Waals surface area (Å²) in [5.74, 6) is 0.0844. The van der Waals surface area contributed by atoms with Crippen molar-refractivity contribution in [3.8, 4) is 17.1 Å². The van der Waals surface area contributed by atoms with Crippen molar-refractivity contribution in [1.29, 1.82) is 0 Å². The Morgan fingerprint density at radius 2 is 2.09 bits per heavy atom. The molecule has 1 saturated heterocycles. The summed E-state index contributed by atoms with van der Waals surface area (Å²) in [6.45, 7) is 4.36. The minimum absolute atomic E-state index is 0. The van der Waals surface area contributed by atoms with Gasteiger partial charge in [-0.25, -0.2) is 19.2 Å². The largest absolute Gasteiger partial charge is 0.507 e. The summed E-state index contributed by atoms with van der Waals surface area (Å²) in [7, 11) is 1.55. The monoisotopic (exact) mass is 504 g/mol. The Morgan fingerprint density at radius 1 is 1.29 bits per heavy atom. The molecule has 3 aromatic rings. The van der Waals surface area contributed by atoms with Gasteiger partial charge >= 0.3 is 6.09 Å². The zero-order chi connectivity index (χ0) is 24.2. The lowest BCUT2D eigenvalue weighted by molar-refractivity contribution is 0.108. The van der Waals surface area contributed by atoms with Crippen molar-refractivity contribution < 1.29 is 24.1 Å². The molecule has 2 N–H and O–H groups in total. The number of ether oxygens (including phenoxy) is 1. The van der Waals surface area contributed by atoms with E-state index in [-0.39, 0.29) is 35.5 Å². The summed E-state index contributed by atoms with van der Waals surface area (Å²) >= 11 is 0. The molecule has 35 heavy (non-hydrogen) atoms. The molecular weight excluding hydrogens is 475 g/mol. The molecule has 1 fully saturated rings. The van der Waals surface area contributed by atoms with Gasteiger partial charge in [0.25, 0.3) is 0 Å². The minimum Gasteiger partial charge on any atom is -0.507 e. The molecule has 1 amide bonds. The molecule has 0 bridgehead atoms. The summed E-state index contributed by atoms with van der Waals surface area (Å²) < 4.78 is 19.7. The summed E-state index contributed by atoms with van der Waals surface area (Å²) in [6.07, 6.45) is 0.811. The van der Waals surface area contributed by atoms with Gasteiger partial charge in [-0.3, -0.25) is 0 Å². The fraction of sp³-hybridized carbons (Fsp3) is 0.400. The number of benzene rings is 2. The Hall–Kier alpha value is -3.17. The summed E-state index contributed by atoms with van der Waals surface area (Å²) in [6, 6.07) is 9.98. The first-order chi connectivity index (χ1) is 16.4. The highest BCUT2D eigenvalue weighted by Gasteiger charge is 2.27. The molecule has 0 spiro atoms. The smallest absolute Gasteiger partial charge is 0.407 e. The van der Waals surface area contributed by atoms with Crippen LogP contribution in [0.5, 0.6) is 5.75 Å². The van der Waals surface area contributed by atoms with Crippen LogP contribution in [0.25, 0.3) is 22.3 Å². The van der Waals surface area contributed by atoms with Gasteiger partial charge in [-0.05, 0) is 55.5 Å². The van der Waals surface area contributed by atoms with Gasteiger partial charge in [-0.1, -0.05) is 12.1 Å². The first-order valence-corrected chi connectivity index (χ1v) is 11.4. The molecule has 8 nitrogen and oxygen atoms in total. The molecule has 2 heterocycles. The van der Waals surface area contributed by atoms with E-state index in [1.54, 1.807) is 7.11 Å². The number of carbonyl (C=O) groups is 1. The predicted molar refractivity (Wildman–Crippen MR) is 135 cm³/mol. The van der Waals surface area contributed by atoms with Crippen LogP contribution >= 0.6 is 12.4 Å². The number of hydrogen-bond donors (Lipinski definition) is 2. The van der Waals surface area contributed by atoms with E-state index in [0.29, 0.717) is 37.6 Å². The maximum absolute atomic E-state index is 14.6. The number of carboxylic acid groups (broad SMARTS) is 1. The number of methoxy groups -OCH3 is 1. The van der Waals surface area contributed by atoms with Crippen LogP contribution in [-0.4, -0.2) is 71.1 Å². The van der Waals surface area contributed by atoms with Crippen LogP contribution in [0.4, 0.5) is 15.0 Å². The molecule has 1 atom stereocenters. The lowest BCUT2D eigenvalue weighted by Gasteiger charge is -2.36. The number of anilines is 1. The van der Waals surface area contributed by atoms with E-state index in [4.69, 9.17) is 9.72 Å². The number of nitrogens with zero attached hydrogens (tertiary/aromatic N) is 4. The second-order valence-corrected chi connectivity index (χ2v) is 8.70. The fourth-order valence-electron chi connectivity index (χ4n) is 4.49. The summed E-state index contributed by atoms with van der Waals surface area (Å²) in [5, 5.41) is 20.7. The number of aromatic hydroxyl groups is 1. The maximum atomic E-state index is 14.6. The number of amides is 1. The molecule has 0 radical (unpaired) electrons. The van der Waals surface area contributed by atoms with E-state index in [2.05, 4.69) is 9.88 Å². The van der Waals surface area contributed by atoms with Crippen molar-refractivity contribution in [3.63, 3.8) is 0 Å². The molecule has 1 aliphatic rings. The Kier molecular flexibility index (Phi) is 8.69. The lowest BCUT2D eigenvalue weighted by atomic mass is 9.97. The number of phenols is 1. The Morgan fingerprint density at radius 3 is 2.80 bits per heavy atom. The minimum atomic E-state index is -0.963. The molecule has 0 saturated carbocycles. The number of aromatic nitrogens is 2. The standard InChI is InChI=1S/C25H29FN4O4.ClH/c1-16-8-9-18-20(13-16)27-23(22-19(26)6-3-7-21(22)31)28-24(18)29-10-4-5-17(14-29)15-30(25(32)33)11-12-34-2;/h3,6-9,13,17,31H,4-5,10-12,14-15H2,1-2H3,(H,32,33);1H/t17-;/m0./s1. The number of rotatable bonds is 7. The SMILES string of the molecule is COCCN(C[C@H]1CCCN(c2nc(-c3c(O)cccc3F)nc3cc(C)ccc23)C1)C(=O)O.Cl. The molecule has 2 aromatic carbocycles. The third kappa shape index (κ3) is 5.91. The Bertz CT molecular complexity index is 1180. The first kappa shape index (κ1) is 26.4. The second-order valence-electron chi connectivity index (χ2n) is 8.70. The number of phenolic OH excluding ortho intramolecular Hbond substituents is 1. The van der Waals surface area contributed by atoms with Crippen LogP contribution in [0.1, 0.15) is 18.4 Å². The van der Waals surface area contributed by atoms with Crippen LogP contribution < -0.4 is 4.90 Å². The molecule has 0 aliphatic carbocycles. The van der Waals surface area contributed by atoms with Crippen molar-refractivity contribution in [3.05, 3.63) is 47.8 Å². The zero-order valence-corrected chi connectivity index (χ0v) is 20.6. The van der Waals surface area contributed by atoms with Crippen molar-refractivity contribution in [2.24, 2.45) is 5.92 Å². The predicted octanol–water partition coefficient (Wildman–Crippen LogP) is 4.71. The van der Waals surface area contributed by atoms with Crippen molar-refractivity contribution in [2.75, 3.05) is 44.8 Å². The van der Waals surface area contributed by atoms with Crippen LogP contribution in [0.2, 0.25) is 0 Å². The average molecular weight is 505 g/mol. The average Bonchev–Trinajstić information content (AvgIpc) is 2.81. The molecule has 10 heteroatoms. The number of fused-ring (bicyclic) bond motifs is 1. The van der Waals surface area contributed by atoms with Gasteiger partial charge in [0.1, 0.15) is 17.4 Å². The highest BCUT2D eigenvalue weighted by Crippen LogP contribution is 2.35. The van der Waals surface area contributed by atoms with Gasteiger partial charge in [0.2, 0.25) is 0 Å². The quantitative estimate of drug-likeness (QED) is 0.480. The third-order valence-electron chi connectivity index (χ3n) is 6.18. The van der Waals surface area contributed by atoms with E-state index in [9.17, 15) is 19.4 Å². The van der Waals surface area contributed by atoms with Crippen molar-refractivity contribution in [2.45, 2.75) is 19.8 Å². The van der Waals surface area contributed by atoms with E-state index in [1.807, 2.05) is 25.1 Å². The second kappa shape index (κ2) is 11.5. The maximum Gasteiger partial charge on any atom is 0.407 e. The molecule has 188 valence electrons. The van der Waals surface area contributed by atoms with E-state index < -0.39 is 11.9 Å². The lowest BCUT2D eigenvalue weighted by Crippen LogP contribution is -2.44. The Balaban J connectivity index is 0.00000342. The molecule has 1 aliphatic heterocycles. The number of piperidine rings is 1. The molecule has 0 unspecified atom stereocenters. The van der Waals surface area contributed by atoms with E-state index in [0.717, 1.165) is 30.3 Å². The highest BCUT2D eigenvalue weighted by atomic mass is 35.5. The van der Waals surface area contributed by atoms with Gasteiger partial charge < -0.3 is 24.7 Å². The van der Waals surface area contributed by atoms with Gasteiger partial charge in [0, 0.05) is 38.7 Å². The van der Waals surface area contributed by atoms with Gasteiger partial charge in [-0.15, -0.1) is 12.4 Å². The highest BCUT2D eigenvalue weighted by molar-refractivity contribution is 5.92. The van der Waals surface area contributed by atoms with Crippen LogP contribution in [0, 0.1) is 18.7 Å². The third-order valence-corrected chi connectivity index (χ3v) is 6.18. The first-order valence-electron chi connectivity index (χ1n) is 11.4. The summed E-state index contributed by atoms with van der Waals surface area (Å²) in [5.41, 5.74) is 1.64. The normalized spacial score (nSPS) is 15.6. The van der Waals surface area contributed by atoms with Crippen molar-refractivity contribution in [1.82, 2.24) is 14.9 Å². The number of hydrogen-bond acceptors (Lipinski definition) is 6. The fourth-order valence-corrected chi connectivity index (χ4v) is 4.49. The van der Waals surface area contributed by atoms with Gasteiger partial charge in [-0.2, -0.15) is 0 Å². The number of aryl methyl sites for hydroxylation is 1. The number of halogens is 2. The Labute approximate surface area is 209 Å². The molecule has 4 rings (SSSR count). The molecular formula is C25H30ClFN4O4. The van der Waals surface area contributed by atoms with Crippen LogP contribution in [0.15, 0.2) is 36.4 Å². The van der Waals surface area contributed by atoms with Crippen molar-refractivity contribution >= 4 is 35.2 Å². The zero-order valence-electron chi connectivity index (χ0n) is 19.8. The van der Waals surface area contributed by atoms with Crippen LogP contribution in [-0.2, 0) is 4.74 Å². The van der Waals surface area contributed by atoms with Gasteiger partial charge in [0.15, 0.2) is 5.82 Å². The molecule has 1 aromatic heterocycles. The van der Waals surface area contributed by atoms with Gasteiger partial charge in [0.05, 0.1) is 17.7 Å². The van der Waals surface area contributed by atoms with E-state index in [1.165, 1.54) is 23.1 Å². The summed E-state index contributed by atoms with van der Waals surface area (Å²) in [4.78, 5) is 24.5. The van der Waals surface area contributed by atoms with E-state index >= 15 is 0 Å².